The number of phenolic OH excluding ortho intramolecular Hbond substituents is 1. The van der Waals surface area contributed by atoms with Crippen LogP contribution in [0.25, 0.3) is 6.08 Å². The molecule has 2 amide bonds. The Kier molecular flexibility index (Phi) is 4.90. The van der Waals surface area contributed by atoms with Crippen molar-refractivity contribution in [3.63, 3.8) is 0 Å². The molecular formula is C19H17NO5S. The van der Waals surface area contributed by atoms with E-state index in [1.54, 1.807) is 30.3 Å². The molecular weight excluding hydrogens is 354 g/mol. The van der Waals surface area contributed by atoms with Gasteiger partial charge in [-0.1, -0.05) is 17.7 Å². The number of phenols is 1. The third kappa shape index (κ3) is 3.25. The fraction of sp³-hybridized carbons (Fsp3) is 0.158. The highest BCUT2D eigenvalue weighted by Crippen LogP contribution is 2.40. The predicted octanol–water partition coefficient (Wildman–Crippen LogP) is 3.96. The van der Waals surface area contributed by atoms with E-state index in [1.165, 1.54) is 14.2 Å². The normalized spacial score (nSPS) is 15.7. The average molecular weight is 371 g/mol. The van der Waals surface area contributed by atoms with E-state index in [-0.39, 0.29) is 27.4 Å². The Balaban J connectivity index is 1.97. The molecule has 0 spiro atoms. The second-order valence-electron chi connectivity index (χ2n) is 5.63. The maximum absolute atomic E-state index is 12.7. The third-order valence-electron chi connectivity index (χ3n) is 3.89. The smallest absolute Gasteiger partial charge is 0.298 e. The first kappa shape index (κ1) is 17.9. The lowest BCUT2D eigenvalue weighted by atomic mass is 10.1. The SMILES string of the molecule is COc1cc(/C=C2\SC(=O)N(c3ccc(C)cc3)C2=O)cc(OC)c1O. The van der Waals surface area contributed by atoms with Crippen LogP contribution < -0.4 is 14.4 Å². The molecule has 134 valence electrons. The summed E-state index contributed by atoms with van der Waals surface area (Å²) in [5.74, 6) is -0.0866. The summed E-state index contributed by atoms with van der Waals surface area (Å²) in [6.07, 6.45) is 1.57. The zero-order valence-electron chi connectivity index (χ0n) is 14.5. The Labute approximate surface area is 155 Å². The number of ether oxygens (including phenoxy) is 2. The van der Waals surface area contributed by atoms with Crippen molar-refractivity contribution in [2.75, 3.05) is 19.1 Å². The number of nitrogens with zero attached hydrogens (tertiary/aromatic N) is 1. The average Bonchev–Trinajstić information content (AvgIpc) is 2.90. The molecule has 0 saturated carbocycles. The van der Waals surface area contributed by atoms with E-state index in [1.807, 2.05) is 19.1 Å². The van der Waals surface area contributed by atoms with Gasteiger partial charge in [0.15, 0.2) is 11.5 Å². The number of hydrogen-bond acceptors (Lipinski definition) is 6. The first-order chi connectivity index (χ1) is 12.4. The van der Waals surface area contributed by atoms with Crippen LogP contribution in [-0.4, -0.2) is 30.5 Å². The van der Waals surface area contributed by atoms with Gasteiger partial charge in [0.25, 0.3) is 11.1 Å². The quantitative estimate of drug-likeness (QED) is 0.820. The number of carbonyl (C=O) groups is 2. The zero-order chi connectivity index (χ0) is 18.8. The molecule has 1 fully saturated rings. The van der Waals surface area contributed by atoms with E-state index in [0.29, 0.717) is 11.3 Å². The van der Waals surface area contributed by atoms with Gasteiger partial charge in [-0.15, -0.1) is 0 Å². The number of amides is 2. The predicted molar refractivity (Wildman–Crippen MR) is 101 cm³/mol. The van der Waals surface area contributed by atoms with Crippen molar-refractivity contribution in [2.45, 2.75) is 6.92 Å². The molecule has 26 heavy (non-hydrogen) atoms. The number of rotatable bonds is 4. The Hall–Kier alpha value is -2.93. The summed E-state index contributed by atoms with van der Waals surface area (Å²) in [6.45, 7) is 1.93. The molecule has 2 aromatic rings. The monoisotopic (exact) mass is 371 g/mol. The van der Waals surface area contributed by atoms with Crippen LogP contribution in [0.1, 0.15) is 11.1 Å². The molecule has 3 rings (SSSR count). The highest BCUT2D eigenvalue weighted by Gasteiger charge is 2.36. The van der Waals surface area contributed by atoms with Crippen molar-refractivity contribution in [3.05, 3.63) is 52.4 Å². The van der Waals surface area contributed by atoms with Crippen LogP contribution in [0.4, 0.5) is 10.5 Å². The maximum Gasteiger partial charge on any atom is 0.298 e. The highest BCUT2D eigenvalue weighted by atomic mass is 32.2. The zero-order valence-corrected chi connectivity index (χ0v) is 15.3. The molecule has 1 saturated heterocycles. The van der Waals surface area contributed by atoms with Gasteiger partial charge in [0.05, 0.1) is 24.8 Å². The molecule has 1 aliphatic rings. The van der Waals surface area contributed by atoms with Gasteiger partial charge in [-0.25, -0.2) is 4.90 Å². The minimum atomic E-state index is -0.394. The van der Waals surface area contributed by atoms with Gasteiger partial charge in [-0.2, -0.15) is 0 Å². The molecule has 0 atom stereocenters. The van der Waals surface area contributed by atoms with Gasteiger partial charge in [0.2, 0.25) is 5.75 Å². The Morgan fingerprint density at radius 3 is 2.15 bits per heavy atom. The van der Waals surface area contributed by atoms with Gasteiger partial charge in [-0.05, 0) is 54.6 Å². The molecule has 7 heteroatoms. The summed E-state index contributed by atoms with van der Waals surface area (Å²) in [7, 11) is 2.84. The molecule has 0 bridgehead atoms. The Morgan fingerprint density at radius 1 is 1.04 bits per heavy atom. The van der Waals surface area contributed by atoms with Crippen LogP contribution in [0, 0.1) is 6.92 Å². The van der Waals surface area contributed by atoms with Crippen molar-refractivity contribution >= 4 is 34.7 Å². The van der Waals surface area contributed by atoms with Gasteiger partial charge in [0.1, 0.15) is 0 Å². The van der Waals surface area contributed by atoms with Crippen LogP contribution >= 0.6 is 11.8 Å². The van der Waals surface area contributed by atoms with Crippen LogP contribution in [-0.2, 0) is 4.79 Å². The summed E-state index contributed by atoms with van der Waals surface area (Å²) in [5.41, 5.74) is 2.15. The number of carbonyl (C=O) groups excluding carboxylic acids is 2. The standard InChI is InChI=1S/C19H17NO5S/c1-11-4-6-13(7-5-11)20-18(22)16(26-19(20)23)10-12-8-14(24-2)17(21)15(9-12)25-3/h4-10,21H,1-3H3/b16-10-. The van der Waals surface area contributed by atoms with E-state index in [4.69, 9.17) is 9.47 Å². The largest absolute Gasteiger partial charge is 0.502 e. The highest BCUT2D eigenvalue weighted by molar-refractivity contribution is 8.19. The second-order valence-corrected chi connectivity index (χ2v) is 6.62. The first-order valence-corrected chi connectivity index (χ1v) is 8.56. The number of aromatic hydroxyl groups is 1. The van der Waals surface area contributed by atoms with Crippen molar-refractivity contribution in [3.8, 4) is 17.2 Å². The van der Waals surface area contributed by atoms with E-state index >= 15 is 0 Å². The number of imide groups is 1. The third-order valence-corrected chi connectivity index (χ3v) is 4.76. The molecule has 2 aromatic carbocycles. The number of thioether (sulfide) groups is 1. The van der Waals surface area contributed by atoms with Crippen LogP contribution in [0.3, 0.4) is 0 Å². The molecule has 1 N–H and O–H groups in total. The molecule has 1 aliphatic heterocycles. The van der Waals surface area contributed by atoms with Crippen LogP contribution in [0.15, 0.2) is 41.3 Å². The number of aryl methyl sites for hydroxylation is 1. The second kappa shape index (κ2) is 7.13. The number of anilines is 1. The summed E-state index contributed by atoms with van der Waals surface area (Å²) in [5, 5.41) is 9.62. The Bertz CT molecular complexity index is 880. The minimum absolute atomic E-state index is 0.125. The van der Waals surface area contributed by atoms with Crippen LogP contribution in [0.2, 0.25) is 0 Å². The summed E-state index contributed by atoms with van der Waals surface area (Å²) < 4.78 is 10.2. The fourth-order valence-corrected chi connectivity index (χ4v) is 3.37. The lowest BCUT2D eigenvalue weighted by Gasteiger charge is -2.12. The number of methoxy groups -OCH3 is 2. The summed E-state index contributed by atoms with van der Waals surface area (Å²) in [4.78, 5) is 26.4. The van der Waals surface area contributed by atoms with E-state index < -0.39 is 5.91 Å². The molecule has 0 aliphatic carbocycles. The molecule has 6 nitrogen and oxygen atoms in total. The van der Waals surface area contributed by atoms with Crippen molar-refractivity contribution in [2.24, 2.45) is 0 Å². The van der Waals surface area contributed by atoms with E-state index in [2.05, 4.69) is 0 Å². The minimum Gasteiger partial charge on any atom is -0.502 e. The van der Waals surface area contributed by atoms with Gasteiger partial charge < -0.3 is 14.6 Å². The molecule has 0 unspecified atom stereocenters. The summed E-state index contributed by atoms with van der Waals surface area (Å²) in [6, 6.07) is 10.3. The number of benzene rings is 2. The summed E-state index contributed by atoms with van der Waals surface area (Å²) >= 11 is 0.861. The first-order valence-electron chi connectivity index (χ1n) is 7.74. The van der Waals surface area contributed by atoms with Crippen LogP contribution in [0.5, 0.6) is 17.2 Å². The number of hydrogen-bond donors (Lipinski definition) is 1. The maximum atomic E-state index is 12.7. The fourth-order valence-electron chi connectivity index (χ4n) is 2.53. The van der Waals surface area contributed by atoms with Crippen molar-refractivity contribution in [1.82, 2.24) is 0 Å². The van der Waals surface area contributed by atoms with Gasteiger partial charge in [0, 0.05) is 0 Å². The van der Waals surface area contributed by atoms with E-state index in [9.17, 15) is 14.7 Å². The lowest BCUT2D eigenvalue weighted by Crippen LogP contribution is -2.27. The van der Waals surface area contributed by atoms with E-state index in [0.717, 1.165) is 22.2 Å². The van der Waals surface area contributed by atoms with Crippen molar-refractivity contribution in [1.29, 1.82) is 0 Å². The molecule has 1 heterocycles. The van der Waals surface area contributed by atoms with Gasteiger partial charge in [-0.3, -0.25) is 9.59 Å². The molecule has 0 radical (unpaired) electrons. The lowest BCUT2D eigenvalue weighted by molar-refractivity contribution is -0.113. The Morgan fingerprint density at radius 2 is 1.62 bits per heavy atom. The molecule has 0 aromatic heterocycles. The topological polar surface area (TPSA) is 76.1 Å². The van der Waals surface area contributed by atoms with Gasteiger partial charge >= 0.3 is 0 Å². The van der Waals surface area contributed by atoms with Crippen molar-refractivity contribution < 1.29 is 24.2 Å².